The van der Waals surface area contributed by atoms with Gasteiger partial charge in [0.15, 0.2) is 0 Å². The summed E-state index contributed by atoms with van der Waals surface area (Å²) in [6.45, 7) is 0.512. The molecule has 1 saturated carbocycles. The van der Waals surface area contributed by atoms with Crippen molar-refractivity contribution in [3.8, 4) is 5.75 Å². The summed E-state index contributed by atoms with van der Waals surface area (Å²) in [4.78, 5) is 20.8. The van der Waals surface area contributed by atoms with Gasteiger partial charge in [0.1, 0.15) is 18.0 Å². The zero-order chi connectivity index (χ0) is 25.8. The van der Waals surface area contributed by atoms with Crippen molar-refractivity contribution in [2.24, 2.45) is 0 Å². The van der Waals surface area contributed by atoms with Crippen molar-refractivity contribution in [1.29, 1.82) is 0 Å². The number of ether oxygens (including phenoxy) is 2. The number of aromatic hydroxyl groups is 1. The van der Waals surface area contributed by atoms with Crippen molar-refractivity contribution >= 4 is 23.7 Å². The molecule has 192 valence electrons. The largest absolute Gasteiger partial charge is 0.508 e. The first-order valence-corrected chi connectivity index (χ1v) is 11.6. The summed E-state index contributed by atoms with van der Waals surface area (Å²) in [6.07, 6.45) is -2.08. The van der Waals surface area contributed by atoms with Crippen LogP contribution in [0.25, 0.3) is 0 Å². The van der Waals surface area contributed by atoms with E-state index in [1.165, 1.54) is 5.56 Å². The van der Waals surface area contributed by atoms with Gasteiger partial charge in [-0.05, 0) is 54.7 Å². The van der Waals surface area contributed by atoms with E-state index in [1.54, 1.807) is 24.3 Å². The number of aliphatic hydroxyl groups excluding tert-OH is 2. The minimum Gasteiger partial charge on any atom is -0.508 e. The lowest BCUT2D eigenvalue weighted by molar-refractivity contribution is -0.175. The molecule has 10 heteroatoms. The number of benzene rings is 2. The highest BCUT2D eigenvalue weighted by atomic mass is 35.5. The van der Waals surface area contributed by atoms with Gasteiger partial charge in [0.05, 0.1) is 12.2 Å². The number of carbonyl (C=O) groups is 2. The number of aliphatic hydroxyl groups is 2. The summed E-state index contributed by atoms with van der Waals surface area (Å²) < 4.78 is 11.3. The summed E-state index contributed by atoms with van der Waals surface area (Å²) in [5, 5.41) is 44.4. The Morgan fingerprint density at radius 2 is 1.49 bits per heavy atom. The fourth-order valence-electron chi connectivity index (χ4n) is 3.72. The molecule has 35 heavy (non-hydrogen) atoms. The van der Waals surface area contributed by atoms with Gasteiger partial charge in [0.25, 0.3) is 0 Å². The minimum absolute atomic E-state index is 0.150. The number of carboxylic acid groups (broad SMARTS) is 2. The number of aryl methyl sites for hydroxylation is 2. The molecule has 2 aromatic carbocycles. The maximum atomic E-state index is 12.2. The third-order valence-electron chi connectivity index (χ3n) is 5.49. The molecule has 4 atom stereocenters. The third-order valence-corrected chi connectivity index (χ3v) is 5.74. The van der Waals surface area contributed by atoms with Gasteiger partial charge < -0.3 is 35.0 Å². The molecule has 0 radical (unpaired) electrons. The zero-order valence-corrected chi connectivity index (χ0v) is 19.9. The lowest BCUT2D eigenvalue weighted by atomic mass is 9.89. The van der Waals surface area contributed by atoms with Gasteiger partial charge in [0, 0.05) is 30.9 Å². The van der Waals surface area contributed by atoms with Gasteiger partial charge in [-0.15, -0.1) is 0 Å². The van der Waals surface area contributed by atoms with E-state index in [1.807, 2.05) is 24.3 Å². The van der Waals surface area contributed by atoms with E-state index in [0.717, 1.165) is 18.4 Å². The van der Waals surface area contributed by atoms with Crippen LogP contribution >= 0.6 is 11.6 Å². The topological polar surface area (TPSA) is 154 Å². The fourth-order valence-corrected chi connectivity index (χ4v) is 3.85. The summed E-state index contributed by atoms with van der Waals surface area (Å²) in [5.41, 5.74) is 2.08. The van der Waals surface area contributed by atoms with Crippen molar-refractivity contribution in [2.45, 2.75) is 62.9 Å². The molecule has 0 heterocycles. The average molecular weight is 511 g/mol. The molecule has 0 amide bonds. The maximum Gasteiger partial charge on any atom is 0.503 e. The first kappa shape index (κ1) is 28.4. The molecule has 0 aromatic heterocycles. The Morgan fingerprint density at radius 1 is 0.914 bits per heavy atom. The van der Waals surface area contributed by atoms with Crippen LogP contribution in [0, 0.1) is 0 Å². The Kier molecular flexibility index (Phi) is 11.8. The van der Waals surface area contributed by atoms with Gasteiger partial charge in [-0.1, -0.05) is 35.9 Å². The first-order chi connectivity index (χ1) is 16.6. The Morgan fingerprint density at radius 3 is 2.11 bits per heavy atom. The number of halogens is 1. The van der Waals surface area contributed by atoms with Crippen LogP contribution in [0.15, 0.2) is 48.5 Å². The van der Waals surface area contributed by atoms with Crippen molar-refractivity contribution in [3.05, 3.63) is 64.7 Å². The molecule has 0 spiro atoms. The molecule has 1 aliphatic rings. The Balaban J connectivity index is 0.00000100. The Hall–Kier alpha value is -2.85. The summed E-state index contributed by atoms with van der Waals surface area (Å²) in [6, 6.07) is 14.3. The molecule has 9 nitrogen and oxygen atoms in total. The Labute approximate surface area is 208 Å². The number of phenols is 1. The number of hydrogen-bond donors (Lipinski definition) is 5. The summed E-state index contributed by atoms with van der Waals surface area (Å²) in [7, 11) is 0. The van der Waals surface area contributed by atoms with E-state index >= 15 is 0 Å². The third kappa shape index (κ3) is 11.0. The zero-order valence-electron chi connectivity index (χ0n) is 19.1. The fraction of sp³-hybridized carbons (Fsp3) is 0.440. The standard InChI is InChI=1S/C24H29ClO6.CH2O3/c25-18-8-3-16(4-9-18)2-1-13-30-20-14-21(27)24(29)22(15-20)31-23(28)12-7-17-5-10-19(26)11-6-17;2-1(3)4/h3-6,8-11,20-22,24,26-27,29H,1-2,7,12-15H2;(H2,2,3,4)/t20-,21-,22+,24+;/m0./s1. The first-order valence-electron chi connectivity index (χ1n) is 11.3. The quantitative estimate of drug-likeness (QED) is 0.251. The van der Waals surface area contributed by atoms with E-state index < -0.39 is 30.4 Å². The monoisotopic (exact) mass is 510 g/mol. The second-order valence-corrected chi connectivity index (χ2v) is 8.67. The van der Waals surface area contributed by atoms with Crippen LogP contribution in [0.5, 0.6) is 5.75 Å². The van der Waals surface area contributed by atoms with Crippen LogP contribution < -0.4 is 0 Å². The van der Waals surface area contributed by atoms with Crippen LogP contribution in [0.3, 0.4) is 0 Å². The SMILES string of the molecule is O=C(CCc1ccc(O)cc1)O[C@@H]1C[C@@H](OCCCc2ccc(Cl)cc2)C[C@H](O)[C@H]1O.O=C(O)O. The van der Waals surface area contributed by atoms with Crippen LogP contribution in [0.2, 0.25) is 5.02 Å². The van der Waals surface area contributed by atoms with Gasteiger partial charge in [-0.2, -0.15) is 0 Å². The van der Waals surface area contributed by atoms with Crippen LogP contribution in [-0.4, -0.2) is 68.7 Å². The smallest absolute Gasteiger partial charge is 0.503 e. The second-order valence-electron chi connectivity index (χ2n) is 8.23. The van der Waals surface area contributed by atoms with E-state index in [9.17, 15) is 20.1 Å². The van der Waals surface area contributed by atoms with Gasteiger partial charge >= 0.3 is 12.1 Å². The predicted molar refractivity (Wildman–Crippen MR) is 128 cm³/mol. The molecule has 0 unspecified atom stereocenters. The molecular weight excluding hydrogens is 480 g/mol. The van der Waals surface area contributed by atoms with Gasteiger partial charge in [0.2, 0.25) is 0 Å². The van der Waals surface area contributed by atoms with E-state index in [4.69, 9.17) is 36.1 Å². The number of phenolic OH excluding ortho intramolecular Hbond substituents is 1. The Bertz CT molecular complexity index is 914. The predicted octanol–water partition coefficient (Wildman–Crippen LogP) is 3.65. The normalized spacial score (nSPS) is 21.5. The lowest BCUT2D eigenvalue weighted by Crippen LogP contribution is -2.49. The van der Waals surface area contributed by atoms with Crippen LogP contribution in [0.4, 0.5) is 4.79 Å². The number of rotatable bonds is 9. The maximum absolute atomic E-state index is 12.2. The van der Waals surface area contributed by atoms with Crippen molar-refractivity contribution in [1.82, 2.24) is 0 Å². The lowest BCUT2D eigenvalue weighted by Gasteiger charge is -2.36. The molecule has 5 N–H and O–H groups in total. The highest BCUT2D eigenvalue weighted by Gasteiger charge is 2.38. The van der Waals surface area contributed by atoms with Crippen LogP contribution in [0.1, 0.15) is 36.8 Å². The highest BCUT2D eigenvalue weighted by molar-refractivity contribution is 6.30. The summed E-state index contributed by atoms with van der Waals surface area (Å²) in [5.74, 6) is -0.266. The molecule has 3 rings (SSSR count). The second kappa shape index (κ2) is 14.5. The van der Waals surface area contributed by atoms with Gasteiger partial charge in [-0.25, -0.2) is 4.79 Å². The average Bonchev–Trinajstić information content (AvgIpc) is 2.80. The minimum atomic E-state index is -1.83. The van der Waals surface area contributed by atoms with Gasteiger partial charge in [-0.3, -0.25) is 4.79 Å². The molecule has 0 saturated heterocycles. The van der Waals surface area contributed by atoms with Crippen molar-refractivity contribution in [3.63, 3.8) is 0 Å². The molecular formula is C25H31ClO9. The van der Waals surface area contributed by atoms with E-state index in [-0.39, 0.29) is 18.3 Å². The van der Waals surface area contributed by atoms with Crippen LogP contribution in [-0.2, 0) is 27.1 Å². The number of hydrogen-bond acceptors (Lipinski definition) is 7. The molecule has 0 bridgehead atoms. The van der Waals surface area contributed by atoms with Crippen molar-refractivity contribution < 1.29 is 44.6 Å². The van der Waals surface area contributed by atoms with E-state index in [2.05, 4.69) is 0 Å². The molecule has 0 aliphatic heterocycles. The summed E-state index contributed by atoms with van der Waals surface area (Å²) >= 11 is 5.89. The molecule has 2 aromatic rings. The molecule has 1 fully saturated rings. The van der Waals surface area contributed by atoms with Crippen molar-refractivity contribution in [2.75, 3.05) is 6.61 Å². The molecule has 1 aliphatic carbocycles. The number of carbonyl (C=O) groups excluding carboxylic acids is 1. The highest BCUT2D eigenvalue weighted by Crippen LogP contribution is 2.26. The number of esters is 1. The van der Waals surface area contributed by atoms with E-state index in [0.29, 0.717) is 30.9 Å².